The van der Waals surface area contributed by atoms with Crippen LogP contribution in [0.2, 0.25) is 0 Å². The summed E-state index contributed by atoms with van der Waals surface area (Å²) in [6.45, 7) is 6.09. The van der Waals surface area contributed by atoms with Crippen molar-refractivity contribution in [1.29, 1.82) is 0 Å². The topological polar surface area (TPSA) is 41.1 Å². The van der Waals surface area contributed by atoms with E-state index < -0.39 is 0 Å². The Morgan fingerprint density at radius 3 is 2.93 bits per heavy atom. The minimum atomic E-state index is 0.0367. The lowest BCUT2D eigenvalue weighted by molar-refractivity contribution is -0.123. The van der Waals surface area contributed by atoms with Crippen LogP contribution in [-0.2, 0) is 4.79 Å². The highest BCUT2D eigenvalue weighted by atomic mass is 32.2. The highest BCUT2D eigenvalue weighted by molar-refractivity contribution is 7.99. The van der Waals surface area contributed by atoms with E-state index in [1.54, 1.807) is 0 Å². The molecule has 0 radical (unpaired) electrons. The van der Waals surface area contributed by atoms with Gasteiger partial charge < -0.3 is 10.6 Å². The van der Waals surface area contributed by atoms with Crippen LogP contribution in [-0.4, -0.2) is 36.5 Å². The summed E-state index contributed by atoms with van der Waals surface area (Å²) >= 11 is 1.84. The highest BCUT2D eigenvalue weighted by Gasteiger charge is 2.28. The molecule has 0 bridgehead atoms. The van der Waals surface area contributed by atoms with Crippen LogP contribution in [0.4, 0.5) is 0 Å². The predicted octanol–water partition coefficient (Wildman–Crippen LogP) is 1.24. The molecule has 1 heterocycles. The summed E-state index contributed by atoms with van der Waals surface area (Å²) in [5, 5.41) is 6.87. The summed E-state index contributed by atoms with van der Waals surface area (Å²) in [5.41, 5.74) is 0. The van der Waals surface area contributed by atoms with Gasteiger partial charge in [0.1, 0.15) is 0 Å². The number of hydrogen-bond acceptors (Lipinski definition) is 3. The van der Waals surface area contributed by atoms with Gasteiger partial charge in [0, 0.05) is 11.8 Å². The van der Waals surface area contributed by atoms with Crippen LogP contribution >= 0.6 is 11.8 Å². The number of carbonyl (C=O) groups excluding carboxylic acids is 1. The van der Waals surface area contributed by atoms with Gasteiger partial charge in [-0.15, -0.1) is 0 Å². The molecule has 0 spiro atoms. The second-order valence-electron chi connectivity index (χ2n) is 4.32. The highest BCUT2D eigenvalue weighted by Crippen LogP contribution is 2.14. The van der Waals surface area contributed by atoms with Crippen molar-refractivity contribution in [3.8, 4) is 0 Å². The van der Waals surface area contributed by atoms with Gasteiger partial charge in [0.25, 0.3) is 0 Å². The molecule has 0 aromatic rings. The van der Waals surface area contributed by atoms with E-state index in [1.165, 1.54) is 0 Å². The average Bonchev–Trinajstić information content (AvgIpc) is 2.64. The summed E-state index contributed by atoms with van der Waals surface area (Å²) in [6.07, 6.45) is 4.26. The SMILES string of the molecule is CSC(C)CCNC(=O)C1NCCC1C. The van der Waals surface area contributed by atoms with E-state index in [1.807, 2.05) is 11.8 Å². The van der Waals surface area contributed by atoms with E-state index in [4.69, 9.17) is 0 Å². The number of carbonyl (C=O) groups is 1. The van der Waals surface area contributed by atoms with Gasteiger partial charge in [-0.3, -0.25) is 4.79 Å². The van der Waals surface area contributed by atoms with Crippen molar-refractivity contribution in [3.63, 3.8) is 0 Å². The molecule has 3 nitrogen and oxygen atoms in total. The second-order valence-corrected chi connectivity index (χ2v) is 5.60. The van der Waals surface area contributed by atoms with Gasteiger partial charge >= 0.3 is 0 Å². The normalized spacial score (nSPS) is 27.7. The first-order chi connectivity index (χ1) is 7.15. The molecule has 1 amide bonds. The molecule has 1 aliphatic heterocycles. The molecule has 1 fully saturated rings. The molecular formula is C11H22N2OS. The molecule has 2 N–H and O–H groups in total. The van der Waals surface area contributed by atoms with E-state index in [-0.39, 0.29) is 11.9 Å². The predicted molar refractivity (Wildman–Crippen MR) is 66.2 cm³/mol. The van der Waals surface area contributed by atoms with Crippen LogP contribution in [0.25, 0.3) is 0 Å². The maximum absolute atomic E-state index is 11.7. The van der Waals surface area contributed by atoms with Gasteiger partial charge in [-0.2, -0.15) is 11.8 Å². The molecule has 3 unspecified atom stereocenters. The van der Waals surface area contributed by atoms with E-state index in [2.05, 4.69) is 30.7 Å². The van der Waals surface area contributed by atoms with E-state index >= 15 is 0 Å². The number of thioether (sulfide) groups is 1. The van der Waals surface area contributed by atoms with Crippen LogP contribution < -0.4 is 10.6 Å². The summed E-state index contributed by atoms with van der Waals surface area (Å²) in [5.74, 6) is 0.649. The summed E-state index contributed by atoms with van der Waals surface area (Å²) in [7, 11) is 0. The Hall–Kier alpha value is -0.220. The first kappa shape index (κ1) is 12.8. The van der Waals surface area contributed by atoms with E-state index in [0.717, 1.165) is 25.9 Å². The third-order valence-electron chi connectivity index (χ3n) is 3.07. The van der Waals surface area contributed by atoms with E-state index in [9.17, 15) is 4.79 Å². The Morgan fingerprint density at radius 2 is 2.40 bits per heavy atom. The molecule has 0 aromatic carbocycles. The van der Waals surface area contributed by atoms with Crippen molar-refractivity contribution < 1.29 is 4.79 Å². The first-order valence-corrected chi connectivity index (χ1v) is 6.97. The largest absolute Gasteiger partial charge is 0.355 e. The van der Waals surface area contributed by atoms with Crippen LogP contribution in [0.15, 0.2) is 0 Å². The maximum Gasteiger partial charge on any atom is 0.237 e. The van der Waals surface area contributed by atoms with Crippen molar-refractivity contribution in [2.45, 2.75) is 38.0 Å². The van der Waals surface area contributed by atoms with Crippen molar-refractivity contribution in [1.82, 2.24) is 10.6 Å². The molecule has 1 aliphatic rings. The van der Waals surface area contributed by atoms with Crippen LogP contribution in [0.3, 0.4) is 0 Å². The fourth-order valence-corrected chi connectivity index (χ4v) is 2.17. The van der Waals surface area contributed by atoms with Crippen molar-refractivity contribution in [2.75, 3.05) is 19.3 Å². The lowest BCUT2D eigenvalue weighted by Gasteiger charge is -2.16. The maximum atomic E-state index is 11.7. The molecule has 0 saturated carbocycles. The van der Waals surface area contributed by atoms with Gasteiger partial charge in [0.05, 0.1) is 6.04 Å². The molecule has 1 rings (SSSR count). The molecule has 3 atom stereocenters. The lowest BCUT2D eigenvalue weighted by atomic mass is 10.0. The molecule has 4 heteroatoms. The Balaban J connectivity index is 2.18. The smallest absolute Gasteiger partial charge is 0.237 e. The summed E-state index contributed by atoms with van der Waals surface area (Å²) in [6, 6.07) is 0.0367. The fourth-order valence-electron chi connectivity index (χ4n) is 1.81. The van der Waals surface area contributed by atoms with Crippen LogP contribution in [0, 0.1) is 5.92 Å². The van der Waals surface area contributed by atoms with Crippen LogP contribution in [0.5, 0.6) is 0 Å². The lowest BCUT2D eigenvalue weighted by Crippen LogP contribution is -2.43. The van der Waals surface area contributed by atoms with Gasteiger partial charge in [-0.25, -0.2) is 0 Å². The molecule has 1 saturated heterocycles. The third kappa shape index (κ3) is 4.03. The Kier molecular flexibility index (Phi) is 5.47. The zero-order chi connectivity index (χ0) is 11.3. The number of hydrogen-bond donors (Lipinski definition) is 2. The molecule has 15 heavy (non-hydrogen) atoms. The van der Waals surface area contributed by atoms with Crippen molar-refractivity contribution >= 4 is 17.7 Å². The Bertz CT molecular complexity index is 211. The minimum absolute atomic E-state index is 0.0367. The second kappa shape index (κ2) is 6.38. The molecular weight excluding hydrogens is 208 g/mol. The quantitative estimate of drug-likeness (QED) is 0.747. The van der Waals surface area contributed by atoms with Crippen LogP contribution in [0.1, 0.15) is 26.7 Å². The van der Waals surface area contributed by atoms with Crippen molar-refractivity contribution in [2.24, 2.45) is 5.92 Å². The zero-order valence-electron chi connectivity index (χ0n) is 9.88. The van der Waals surface area contributed by atoms with Gasteiger partial charge in [0.15, 0.2) is 0 Å². The van der Waals surface area contributed by atoms with Gasteiger partial charge in [0.2, 0.25) is 5.91 Å². The average molecular weight is 230 g/mol. The Morgan fingerprint density at radius 1 is 1.67 bits per heavy atom. The third-order valence-corrected chi connectivity index (χ3v) is 4.11. The zero-order valence-corrected chi connectivity index (χ0v) is 10.7. The van der Waals surface area contributed by atoms with Gasteiger partial charge in [-0.05, 0) is 31.6 Å². The number of nitrogens with one attached hydrogen (secondary N) is 2. The summed E-state index contributed by atoms with van der Waals surface area (Å²) < 4.78 is 0. The monoisotopic (exact) mass is 230 g/mol. The number of amides is 1. The fraction of sp³-hybridized carbons (Fsp3) is 0.909. The Labute approximate surface area is 96.8 Å². The van der Waals surface area contributed by atoms with Gasteiger partial charge in [-0.1, -0.05) is 13.8 Å². The molecule has 0 aromatic heterocycles. The van der Waals surface area contributed by atoms with E-state index in [0.29, 0.717) is 11.2 Å². The first-order valence-electron chi connectivity index (χ1n) is 5.69. The molecule has 0 aliphatic carbocycles. The summed E-state index contributed by atoms with van der Waals surface area (Å²) in [4.78, 5) is 11.7. The molecule has 88 valence electrons. The standard InChI is InChI=1S/C11H22N2OS/c1-8-4-6-12-10(8)11(14)13-7-5-9(2)15-3/h8-10,12H,4-7H2,1-3H3,(H,13,14). The minimum Gasteiger partial charge on any atom is -0.355 e. The number of rotatable bonds is 5. The van der Waals surface area contributed by atoms with Crippen molar-refractivity contribution in [3.05, 3.63) is 0 Å².